The number of likely N-dealkylation sites (N-methyl/N-ethyl adjacent to an activating group) is 4. The van der Waals surface area contributed by atoms with Crippen LogP contribution in [0.3, 0.4) is 0 Å². The van der Waals surface area contributed by atoms with Crippen molar-refractivity contribution in [2.24, 2.45) is 0 Å². The van der Waals surface area contributed by atoms with E-state index in [2.05, 4.69) is 87.0 Å². The molecule has 0 saturated heterocycles. The molecule has 0 aliphatic carbocycles. The van der Waals surface area contributed by atoms with Crippen LogP contribution in [-0.4, -0.2) is 117 Å². The zero-order valence-corrected chi connectivity index (χ0v) is 40.7. The molecule has 0 fully saturated rings. The summed E-state index contributed by atoms with van der Waals surface area (Å²) < 4.78 is 0. The molecule has 2 unspecified atom stereocenters. The second-order valence-corrected chi connectivity index (χ2v) is 18.9. The molecule has 1 aromatic heterocycles. The number of hydrogen-bond acceptors (Lipinski definition) is 10. The molecular formula is C54H70N8O5. The highest BCUT2D eigenvalue weighted by Gasteiger charge is 2.36. The Hall–Kier alpha value is -5.86. The maximum atomic E-state index is 14.7. The van der Waals surface area contributed by atoms with Gasteiger partial charge >= 0.3 is 0 Å². The van der Waals surface area contributed by atoms with Crippen LogP contribution in [0.25, 0.3) is 0 Å². The van der Waals surface area contributed by atoms with E-state index in [1.54, 1.807) is 30.5 Å². The molecule has 0 saturated carbocycles. The molecule has 4 atom stereocenters. The second-order valence-electron chi connectivity index (χ2n) is 18.9. The summed E-state index contributed by atoms with van der Waals surface area (Å²) in [6.45, 7) is 10.2. The van der Waals surface area contributed by atoms with Crippen molar-refractivity contribution >= 4 is 11.8 Å². The van der Waals surface area contributed by atoms with Gasteiger partial charge in [-0.2, -0.15) is 0 Å². The summed E-state index contributed by atoms with van der Waals surface area (Å²) in [5.41, 5.74) is 11.7. The lowest BCUT2D eigenvalue weighted by atomic mass is 9.94. The van der Waals surface area contributed by atoms with Crippen molar-refractivity contribution in [3.05, 3.63) is 156 Å². The second kappa shape index (κ2) is 21.8. The fraction of sp³-hybridized carbons (Fsp3) is 0.444. The van der Waals surface area contributed by atoms with Crippen molar-refractivity contribution in [1.82, 2.24) is 40.2 Å². The van der Waals surface area contributed by atoms with Crippen LogP contribution in [0.4, 0.5) is 0 Å². The van der Waals surface area contributed by atoms with Gasteiger partial charge in [0, 0.05) is 50.9 Å². The van der Waals surface area contributed by atoms with Crippen LogP contribution in [0.5, 0.6) is 11.5 Å². The number of phenolic OH excluding ortho intramolecular Hbond substituents is 2. The molecular weight excluding hydrogens is 841 g/mol. The third-order valence-electron chi connectivity index (χ3n) is 14.2. The Balaban J connectivity index is 1.04. The maximum absolute atomic E-state index is 14.7. The average Bonchev–Trinajstić information content (AvgIpc) is 3.29. The van der Waals surface area contributed by atoms with Gasteiger partial charge in [-0.3, -0.25) is 29.2 Å². The number of fused-ring (bicyclic) bond motifs is 2. The van der Waals surface area contributed by atoms with Crippen LogP contribution in [0.15, 0.2) is 83.8 Å². The molecule has 2 aliphatic heterocycles. The van der Waals surface area contributed by atoms with Gasteiger partial charge in [-0.15, -0.1) is 0 Å². The van der Waals surface area contributed by atoms with Gasteiger partial charge in [-0.05, 0) is 174 Å². The highest BCUT2D eigenvalue weighted by molar-refractivity contribution is 5.83. The lowest BCUT2D eigenvalue weighted by molar-refractivity contribution is -0.141. The zero-order chi connectivity index (χ0) is 47.9. The van der Waals surface area contributed by atoms with Crippen molar-refractivity contribution in [3.8, 4) is 11.5 Å². The number of amides is 2. The minimum atomic E-state index is -0.495. The summed E-state index contributed by atoms with van der Waals surface area (Å²) in [5.74, 6) is 0.434. The van der Waals surface area contributed by atoms with Crippen LogP contribution in [0.1, 0.15) is 79.9 Å². The summed E-state index contributed by atoms with van der Waals surface area (Å²) in [5, 5.41) is 27.0. The number of nitrogens with zero attached hydrogens (tertiary/aromatic N) is 5. The predicted octanol–water partition coefficient (Wildman–Crippen LogP) is 5.63. The Morgan fingerprint density at radius 3 is 1.49 bits per heavy atom. The average molecular weight is 911 g/mol. The first-order chi connectivity index (χ1) is 32.1. The SMILES string of the molecule is CN[C@@H](Cc1c(C)cc(O)cc1C)C(=O)N(CCCc1cnc(CCCN(C(=O)[C@H](Cc2c(C)cc(O)cc2C)NC)C2Cc3ccccc3CN2C)c(=O)[nH]1)C1Cc2ccccc2CN1C. The van der Waals surface area contributed by atoms with Crippen molar-refractivity contribution < 1.29 is 19.8 Å². The third kappa shape index (κ3) is 11.5. The molecule has 67 heavy (non-hydrogen) atoms. The normalized spacial score (nSPS) is 17.1. The molecule has 5 aromatic rings. The standard InChI is InChI=1S/C54H70N8O5/c1-34-23-43(63)24-35(2)45(34)29-48(55-5)53(66)61(50-27-38-15-9-11-17-40(38)32-59(50)7)21-13-19-42-31-57-47(52(65)58-42)20-14-22-62(51-28-39-16-10-12-18-41(39)33-60(51)8)54(67)49(56-6)30-46-36(3)25-44(64)26-37(46)4/h9-12,15-18,23-26,31,48-51,55-56,63-64H,13-14,19-22,27-30,32-33H2,1-8H3,(H,58,65)/t48-,49-,50?,51?/m0/s1. The number of nitrogens with one attached hydrogen (secondary N) is 3. The minimum Gasteiger partial charge on any atom is -0.508 e. The molecule has 0 radical (unpaired) electrons. The molecule has 2 amide bonds. The lowest BCUT2D eigenvalue weighted by Crippen LogP contribution is -2.57. The molecule has 5 N–H and O–H groups in total. The fourth-order valence-corrected chi connectivity index (χ4v) is 10.4. The number of aryl methyl sites for hydroxylation is 6. The smallest absolute Gasteiger partial charge is 0.269 e. The van der Waals surface area contributed by atoms with Crippen LogP contribution in [0.2, 0.25) is 0 Å². The van der Waals surface area contributed by atoms with Crippen molar-refractivity contribution in [3.63, 3.8) is 0 Å². The van der Waals surface area contributed by atoms with Crippen molar-refractivity contribution in [2.45, 2.75) is 117 Å². The summed E-state index contributed by atoms with van der Waals surface area (Å²) in [7, 11) is 7.78. The van der Waals surface area contributed by atoms with E-state index in [9.17, 15) is 24.6 Å². The van der Waals surface area contributed by atoms with E-state index in [1.165, 1.54) is 22.3 Å². The topological polar surface area (TPSA) is 157 Å². The minimum absolute atomic E-state index is 0.00871. The number of carbonyl (C=O) groups excluding carboxylic acids is 2. The van der Waals surface area contributed by atoms with Crippen molar-refractivity contribution in [1.29, 1.82) is 0 Å². The highest BCUT2D eigenvalue weighted by atomic mass is 16.3. The summed E-state index contributed by atoms with van der Waals surface area (Å²) in [6, 6.07) is 22.8. The molecule has 356 valence electrons. The Kier molecular flexibility index (Phi) is 16.0. The van der Waals surface area contributed by atoms with E-state index in [0.717, 1.165) is 46.5 Å². The zero-order valence-electron chi connectivity index (χ0n) is 40.7. The molecule has 13 nitrogen and oxygen atoms in total. The predicted molar refractivity (Wildman–Crippen MR) is 264 cm³/mol. The Bertz CT molecular complexity index is 2570. The molecule has 0 spiro atoms. The lowest BCUT2D eigenvalue weighted by Gasteiger charge is -2.43. The van der Waals surface area contributed by atoms with Gasteiger partial charge in [0.1, 0.15) is 17.2 Å². The number of H-pyrrole nitrogens is 1. The summed E-state index contributed by atoms with van der Waals surface area (Å²) >= 11 is 0. The number of benzene rings is 4. The van der Waals surface area contributed by atoms with E-state index in [-0.39, 0.29) is 41.2 Å². The van der Waals surface area contributed by atoms with Gasteiger partial charge in [0.05, 0.1) is 24.4 Å². The van der Waals surface area contributed by atoms with Gasteiger partial charge in [0.2, 0.25) is 11.8 Å². The number of hydrogen-bond donors (Lipinski definition) is 5. The van der Waals surface area contributed by atoms with Crippen molar-refractivity contribution in [2.75, 3.05) is 41.3 Å². The molecule has 0 bridgehead atoms. The Morgan fingerprint density at radius 2 is 1.09 bits per heavy atom. The van der Waals surface area contributed by atoms with E-state index < -0.39 is 12.1 Å². The largest absolute Gasteiger partial charge is 0.508 e. The molecule has 3 heterocycles. The first-order valence-corrected chi connectivity index (χ1v) is 23.8. The van der Waals surface area contributed by atoms with E-state index in [0.29, 0.717) is 75.8 Å². The van der Waals surface area contributed by atoms with Crippen LogP contribution >= 0.6 is 0 Å². The number of carbonyl (C=O) groups is 2. The van der Waals surface area contributed by atoms with Gasteiger partial charge in [-0.1, -0.05) is 48.5 Å². The highest BCUT2D eigenvalue weighted by Crippen LogP contribution is 2.29. The van der Waals surface area contributed by atoms with E-state index in [1.807, 2.05) is 57.7 Å². The summed E-state index contributed by atoms with van der Waals surface area (Å²) in [6.07, 6.45) is 5.88. The quantitative estimate of drug-likeness (QED) is 0.0748. The Morgan fingerprint density at radius 1 is 0.687 bits per heavy atom. The number of aromatic amines is 1. The maximum Gasteiger partial charge on any atom is 0.269 e. The van der Waals surface area contributed by atoms with Crippen LogP contribution in [-0.2, 0) is 61.2 Å². The first kappa shape index (κ1) is 49.1. The van der Waals surface area contributed by atoms with E-state index in [4.69, 9.17) is 0 Å². The van der Waals surface area contributed by atoms with Gasteiger partial charge in [-0.25, -0.2) is 0 Å². The van der Waals surface area contributed by atoms with Crippen LogP contribution < -0.4 is 16.2 Å². The number of rotatable bonds is 18. The van der Waals surface area contributed by atoms with Gasteiger partial charge < -0.3 is 35.6 Å². The number of aromatic hydroxyl groups is 2. The fourth-order valence-electron chi connectivity index (χ4n) is 10.4. The molecule has 2 aliphatic rings. The van der Waals surface area contributed by atoms with Crippen LogP contribution in [0, 0.1) is 27.7 Å². The third-order valence-corrected chi connectivity index (χ3v) is 14.2. The number of phenols is 2. The molecule has 7 rings (SSSR count). The summed E-state index contributed by atoms with van der Waals surface area (Å²) in [4.78, 5) is 59.2. The van der Waals surface area contributed by atoms with E-state index >= 15 is 0 Å². The molecule has 13 heteroatoms. The monoisotopic (exact) mass is 911 g/mol. The molecule has 4 aromatic carbocycles. The number of aromatic nitrogens is 2. The van der Waals surface area contributed by atoms with Gasteiger partial charge in [0.15, 0.2) is 0 Å². The Labute approximate surface area is 396 Å². The first-order valence-electron chi connectivity index (χ1n) is 23.8. The van der Waals surface area contributed by atoms with Gasteiger partial charge in [0.25, 0.3) is 5.56 Å².